The summed E-state index contributed by atoms with van der Waals surface area (Å²) in [4.78, 5) is 4.81. The highest BCUT2D eigenvalue weighted by atomic mass is 15.2. The lowest BCUT2D eigenvalue weighted by Gasteiger charge is -2.29. The molecule has 1 N–H and O–H groups in total. The van der Waals surface area contributed by atoms with Crippen molar-refractivity contribution in [3.63, 3.8) is 0 Å². The highest BCUT2D eigenvalue weighted by molar-refractivity contribution is 5.54. The van der Waals surface area contributed by atoms with Crippen LogP contribution in [-0.4, -0.2) is 51.2 Å². The molecule has 1 heterocycles. The molecule has 0 amide bonds. The van der Waals surface area contributed by atoms with E-state index in [0.717, 1.165) is 26.2 Å². The molecule has 3 heteroatoms. The first-order valence-corrected chi connectivity index (χ1v) is 7.26. The number of benzene rings is 1. The molecule has 1 saturated heterocycles. The summed E-state index contributed by atoms with van der Waals surface area (Å²) in [5.41, 5.74) is 4.14. The van der Waals surface area contributed by atoms with Crippen LogP contribution in [0.25, 0.3) is 0 Å². The summed E-state index contributed by atoms with van der Waals surface area (Å²) in [5.74, 6) is 0. The van der Waals surface area contributed by atoms with Gasteiger partial charge in [-0.2, -0.15) is 0 Å². The Morgan fingerprint density at radius 2 is 2.11 bits per heavy atom. The van der Waals surface area contributed by atoms with Crippen molar-refractivity contribution in [1.82, 2.24) is 10.2 Å². The molecule has 0 aliphatic carbocycles. The lowest BCUT2D eigenvalue weighted by Crippen LogP contribution is -2.44. The van der Waals surface area contributed by atoms with Crippen LogP contribution >= 0.6 is 0 Å². The zero-order chi connectivity index (χ0) is 13.8. The predicted molar refractivity (Wildman–Crippen MR) is 83.1 cm³/mol. The third kappa shape index (κ3) is 3.95. The van der Waals surface area contributed by atoms with Crippen LogP contribution in [0.1, 0.15) is 17.5 Å². The molecular weight excluding hydrogens is 234 g/mol. The maximum absolute atomic E-state index is 3.66. The minimum absolute atomic E-state index is 0.554. The van der Waals surface area contributed by atoms with Gasteiger partial charge in [0.25, 0.3) is 0 Å². The molecule has 1 aromatic rings. The number of rotatable bonds is 3. The Morgan fingerprint density at radius 3 is 2.79 bits per heavy atom. The van der Waals surface area contributed by atoms with Crippen LogP contribution in [0.3, 0.4) is 0 Å². The van der Waals surface area contributed by atoms with Crippen molar-refractivity contribution in [2.24, 2.45) is 0 Å². The minimum atomic E-state index is 0.554. The highest BCUT2D eigenvalue weighted by Crippen LogP contribution is 2.22. The minimum Gasteiger partial charge on any atom is -0.370 e. The van der Waals surface area contributed by atoms with Gasteiger partial charge in [0.1, 0.15) is 0 Å². The second-order valence-corrected chi connectivity index (χ2v) is 6.00. The summed E-state index contributed by atoms with van der Waals surface area (Å²) >= 11 is 0. The van der Waals surface area contributed by atoms with Gasteiger partial charge >= 0.3 is 0 Å². The first-order valence-electron chi connectivity index (χ1n) is 7.26. The van der Waals surface area contributed by atoms with E-state index in [1.807, 2.05) is 0 Å². The second-order valence-electron chi connectivity index (χ2n) is 6.00. The quantitative estimate of drug-likeness (QED) is 0.898. The van der Waals surface area contributed by atoms with Gasteiger partial charge in [-0.05, 0) is 52.5 Å². The van der Waals surface area contributed by atoms with Crippen molar-refractivity contribution in [3.8, 4) is 0 Å². The zero-order valence-electron chi connectivity index (χ0n) is 12.7. The third-order valence-corrected chi connectivity index (χ3v) is 3.76. The molecule has 0 spiro atoms. The summed E-state index contributed by atoms with van der Waals surface area (Å²) < 4.78 is 0. The first-order chi connectivity index (χ1) is 9.06. The van der Waals surface area contributed by atoms with E-state index < -0.39 is 0 Å². The van der Waals surface area contributed by atoms with Crippen LogP contribution in [0.2, 0.25) is 0 Å². The fourth-order valence-corrected chi connectivity index (χ4v) is 2.94. The average Bonchev–Trinajstić information content (AvgIpc) is 2.53. The Bertz CT molecular complexity index is 414. The molecule has 1 fully saturated rings. The van der Waals surface area contributed by atoms with Crippen molar-refractivity contribution in [1.29, 1.82) is 0 Å². The molecule has 2 rings (SSSR count). The Kier molecular flexibility index (Phi) is 4.83. The first kappa shape index (κ1) is 14.4. The van der Waals surface area contributed by atoms with Crippen LogP contribution in [0, 0.1) is 13.8 Å². The molecule has 1 atom stereocenters. The van der Waals surface area contributed by atoms with Crippen LogP contribution in [0.15, 0.2) is 18.2 Å². The van der Waals surface area contributed by atoms with E-state index in [2.05, 4.69) is 61.3 Å². The standard InChI is InChI=1S/C16H27N3/c1-13-6-7-16(14(2)10-13)19-9-5-8-17-15(12-19)11-18(3)4/h6-7,10,15,17H,5,8-9,11-12H2,1-4H3. The number of hydrogen-bond acceptors (Lipinski definition) is 3. The molecule has 1 unspecified atom stereocenters. The Labute approximate surface area is 117 Å². The molecule has 1 aliphatic heterocycles. The molecule has 3 nitrogen and oxygen atoms in total. The van der Waals surface area contributed by atoms with E-state index in [4.69, 9.17) is 0 Å². The lowest BCUT2D eigenvalue weighted by atomic mass is 10.1. The average molecular weight is 261 g/mol. The van der Waals surface area contributed by atoms with Gasteiger partial charge in [-0.3, -0.25) is 0 Å². The Balaban J connectivity index is 2.13. The predicted octanol–water partition coefficient (Wildman–Crippen LogP) is 2.03. The zero-order valence-corrected chi connectivity index (χ0v) is 12.7. The Morgan fingerprint density at radius 1 is 1.32 bits per heavy atom. The maximum atomic E-state index is 3.66. The van der Waals surface area contributed by atoms with Gasteiger partial charge in [0.05, 0.1) is 0 Å². The number of aryl methyl sites for hydroxylation is 2. The number of likely N-dealkylation sites (N-methyl/N-ethyl adjacent to an activating group) is 1. The maximum Gasteiger partial charge on any atom is 0.0396 e. The molecule has 0 bridgehead atoms. The van der Waals surface area contributed by atoms with Crippen LogP contribution in [0.4, 0.5) is 5.69 Å². The van der Waals surface area contributed by atoms with Crippen LogP contribution in [0.5, 0.6) is 0 Å². The van der Waals surface area contributed by atoms with E-state index in [-0.39, 0.29) is 0 Å². The monoisotopic (exact) mass is 261 g/mol. The normalized spacial score (nSPS) is 20.7. The molecule has 19 heavy (non-hydrogen) atoms. The van der Waals surface area contributed by atoms with Crippen molar-refractivity contribution < 1.29 is 0 Å². The lowest BCUT2D eigenvalue weighted by molar-refractivity contribution is 0.346. The summed E-state index contributed by atoms with van der Waals surface area (Å²) in [7, 11) is 4.29. The second kappa shape index (κ2) is 6.40. The van der Waals surface area contributed by atoms with Crippen molar-refractivity contribution >= 4 is 5.69 Å². The summed E-state index contributed by atoms with van der Waals surface area (Å²) in [6.07, 6.45) is 1.22. The van der Waals surface area contributed by atoms with Gasteiger partial charge in [0, 0.05) is 31.4 Å². The smallest absolute Gasteiger partial charge is 0.0396 e. The van der Waals surface area contributed by atoms with E-state index in [0.29, 0.717) is 6.04 Å². The molecule has 0 aromatic heterocycles. The molecule has 106 valence electrons. The van der Waals surface area contributed by atoms with E-state index >= 15 is 0 Å². The third-order valence-electron chi connectivity index (χ3n) is 3.76. The van der Waals surface area contributed by atoms with Crippen LogP contribution < -0.4 is 10.2 Å². The summed E-state index contributed by atoms with van der Waals surface area (Å²) in [6.45, 7) is 8.86. The fraction of sp³-hybridized carbons (Fsp3) is 0.625. The van der Waals surface area contributed by atoms with Gasteiger partial charge in [0.2, 0.25) is 0 Å². The topological polar surface area (TPSA) is 18.5 Å². The van der Waals surface area contributed by atoms with Gasteiger partial charge < -0.3 is 15.1 Å². The number of anilines is 1. The van der Waals surface area contributed by atoms with Gasteiger partial charge in [-0.25, -0.2) is 0 Å². The van der Waals surface area contributed by atoms with Crippen molar-refractivity contribution in [2.75, 3.05) is 45.2 Å². The van der Waals surface area contributed by atoms with Gasteiger partial charge in [-0.15, -0.1) is 0 Å². The highest BCUT2D eigenvalue weighted by Gasteiger charge is 2.19. The van der Waals surface area contributed by atoms with E-state index in [1.165, 1.54) is 23.2 Å². The summed E-state index contributed by atoms with van der Waals surface area (Å²) in [5, 5.41) is 3.66. The van der Waals surface area contributed by atoms with E-state index in [9.17, 15) is 0 Å². The SMILES string of the molecule is Cc1ccc(N2CCCNC(CN(C)C)C2)c(C)c1. The fourth-order valence-electron chi connectivity index (χ4n) is 2.94. The number of hydrogen-bond donors (Lipinski definition) is 1. The molecule has 1 aromatic carbocycles. The molecule has 0 radical (unpaired) electrons. The molecule has 0 saturated carbocycles. The summed E-state index contributed by atoms with van der Waals surface area (Å²) in [6, 6.07) is 7.34. The van der Waals surface area contributed by atoms with Crippen molar-refractivity contribution in [3.05, 3.63) is 29.3 Å². The van der Waals surface area contributed by atoms with Crippen molar-refractivity contribution in [2.45, 2.75) is 26.3 Å². The largest absolute Gasteiger partial charge is 0.370 e. The Hall–Kier alpha value is -1.06. The molecule has 1 aliphatic rings. The molecular formula is C16H27N3. The number of nitrogens with one attached hydrogen (secondary N) is 1. The van der Waals surface area contributed by atoms with Crippen LogP contribution in [-0.2, 0) is 0 Å². The number of nitrogens with zero attached hydrogens (tertiary/aromatic N) is 2. The van der Waals surface area contributed by atoms with Gasteiger partial charge in [0.15, 0.2) is 0 Å². The van der Waals surface area contributed by atoms with Gasteiger partial charge in [-0.1, -0.05) is 17.7 Å². The van der Waals surface area contributed by atoms with E-state index in [1.54, 1.807) is 0 Å².